The first-order chi connectivity index (χ1) is 11.6. The summed E-state index contributed by atoms with van der Waals surface area (Å²) in [6.45, 7) is 4.00. The van der Waals surface area contributed by atoms with Crippen molar-refractivity contribution in [2.45, 2.75) is 51.6 Å². The summed E-state index contributed by atoms with van der Waals surface area (Å²) in [6, 6.07) is 6.41. The van der Waals surface area contributed by atoms with Crippen LogP contribution in [-0.2, 0) is 4.79 Å². The van der Waals surface area contributed by atoms with Crippen molar-refractivity contribution in [2.24, 2.45) is 5.92 Å². The van der Waals surface area contributed by atoms with E-state index in [0.29, 0.717) is 25.7 Å². The first-order valence-electron chi connectivity index (χ1n) is 8.47. The third kappa shape index (κ3) is 3.89. The number of carbonyl (C=O) groups is 1. The van der Waals surface area contributed by atoms with E-state index in [1.54, 1.807) is 12.3 Å². The molecule has 1 aliphatic rings. The Morgan fingerprint density at radius 1 is 1.21 bits per heavy atom. The van der Waals surface area contributed by atoms with Gasteiger partial charge in [0.1, 0.15) is 5.82 Å². The summed E-state index contributed by atoms with van der Waals surface area (Å²) >= 11 is 0. The van der Waals surface area contributed by atoms with Gasteiger partial charge in [0.25, 0.3) is 0 Å². The van der Waals surface area contributed by atoms with Gasteiger partial charge in [-0.25, -0.2) is 13.6 Å². The van der Waals surface area contributed by atoms with Gasteiger partial charge in [-0.05, 0) is 61.4 Å². The molecule has 0 radical (unpaired) electrons. The number of nitrogens with zero attached hydrogens (tertiary/aromatic N) is 1. The Morgan fingerprint density at radius 2 is 1.88 bits per heavy atom. The Morgan fingerprint density at radius 3 is 2.50 bits per heavy atom. The molecule has 24 heavy (non-hydrogen) atoms. The predicted octanol–water partition coefficient (Wildman–Crippen LogP) is 5.10. The van der Waals surface area contributed by atoms with Gasteiger partial charge in [-0.1, -0.05) is 13.8 Å². The molecule has 3 nitrogen and oxygen atoms in total. The number of halogens is 2. The molecular weight excluding hydrogens is 312 g/mol. The minimum absolute atomic E-state index is 0.199. The van der Waals surface area contributed by atoms with Crippen molar-refractivity contribution in [3.05, 3.63) is 41.8 Å². The van der Waals surface area contributed by atoms with Crippen LogP contribution in [-0.4, -0.2) is 22.2 Å². The van der Waals surface area contributed by atoms with Gasteiger partial charge in [0, 0.05) is 17.5 Å². The lowest BCUT2D eigenvalue weighted by Gasteiger charge is -2.29. The number of fused-ring (bicyclic) bond motifs is 1. The molecule has 0 aliphatic heterocycles. The number of alkyl halides is 1. The minimum atomic E-state index is -1.78. The smallest absolute Gasteiger partial charge is 0.338 e. The monoisotopic (exact) mass is 335 g/mol. The summed E-state index contributed by atoms with van der Waals surface area (Å²) in [5, 5.41) is 9.56. The van der Waals surface area contributed by atoms with Crippen molar-refractivity contribution in [3.8, 4) is 0 Å². The summed E-state index contributed by atoms with van der Waals surface area (Å²) in [7, 11) is 0. The van der Waals surface area contributed by atoms with Crippen molar-refractivity contribution >= 4 is 16.9 Å². The summed E-state index contributed by atoms with van der Waals surface area (Å²) in [4.78, 5) is 15.0. The molecule has 1 N–H and O–H groups in total. The highest BCUT2D eigenvalue weighted by Crippen LogP contribution is 2.40. The molecule has 0 bridgehead atoms. The number of rotatable bonds is 3. The van der Waals surface area contributed by atoms with Crippen LogP contribution >= 0.6 is 0 Å². The third-order valence-corrected chi connectivity index (χ3v) is 4.60. The van der Waals surface area contributed by atoms with Crippen molar-refractivity contribution in [1.82, 2.24) is 4.98 Å². The van der Waals surface area contributed by atoms with E-state index in [4.69, 9.17) is 5.11 Å². The number of aliphatic carboxylic acids is 1. The van der Waals surface area contributed by atoms with Crippen molar-refractivity contribution in [3.63, 3.8) is 0 Å². The molecule has 1 heterocycles. The van der Waals surface area contributed by atoms with Gasteiger partial charge in [-0.2, -0.15) is 0 Å². The van der Waals surface area contributed by atoms with Crippen LogP contribution in [0, 0.1) is 11.7 Å². The van der Waals surface area contributed by atoms with E-state index < -0.39 is 18.1 Å². The summed E-state index contributed by atoms with van der Waals surface area (Å²) < 4.78 is 27.1. The average molecular weight is 335 g/mol. The molecule has 1 aromatic heterocycles. The van der Waals surface area contributed by atoms with Crippen molar-refractivity contribution < 1.29 is 18.7 Å². The summed E-state index contributed by atoms with van der Waals surface area (Å²) in [5.74, 6) is -1.90. The lowest BCUT2D eigenvalue weighted by molar-refractivity contribution is -0.145. The van der Waals surface area contributed by atoms with Gasteiger partial charge >= 0.3 is 5.97 Å². The fourth-order valence-electron chi connectivity index (χ4n) is 3.42. The topological polar surface area (TPSA) is 50.2 Å². The number of aromatic nitrogens is 1. The maximum atomic E-state index is 13.6. The van der Waals surface area contributed by atoms with Crippen molar-refractivity contribution in [1.29, 1.82) is 0 Å². The number of pyridine rings is 1. The molecule has 1 unspecified atom stereocenters. The van der Waals surface area contributed by atoms with Crippen LogP contribution < -0.4 is 0 Å². The zero-order chi connectivity index (χ0) is 17.7. The largest absolute Gasteiger partial charge is 0.479 e. The van der Waals surface area contributed by atoms with Gasteiger partial charge in [0.05, 0.1) is 5.52 Å². The fourth-order valence-corrected chi connectivity index (χ4v) is 3.42. The highest BCUT2D eigenvalue weighted by Gasteiger charge is 2.32. The molecular formula is C19H23F2NO2. The van der Waals surface area contributed by atoms with E-state index >= 15 is 0 Å². The number of carboxylic acids is 1. The third-order valence-electron chi connectivity index (χ3n) is 4.60. The number of benzene rings is 1. The number of hydrogen-bond acceptors (Lipinski definition) is 2. The summed E-state index contributed by atoms with van der Waals surface area (Å²) in [6.07, 6.45) is 2.43. The van der Waals surface area contributed by atoms with Gasteiger partial charge in [-0.15, -0.1) is 0 Å². The Kier molecular flexibility index (Phi) is 6.23. The van der Waals surface area contributed by atoms with Gasteiger partial charge in [-0.3, -0.25) is 4.98 Å². The summed E-state index contributed by atoms with van der Waals surface area (Å²) in [5.41, 5.74) is 1.77. The second-order valence-corrected chi connectivity index (χ2v) is 5.91. The van der Waals surface area contributed by atoms with E-state index in [-0.39, 0.29) is 11.7 Å². The van der Waals surface area contributed by atoms with Crippen LogP contribution in [0.4, 0.5) is 8.78 Å². The number of carboxylic acid groups (broad SMARTS) is 1. The Bertz CT molecular complexity index is 697. The first-order valence-corrected chi connectivity index (χ1v) is 8.47. The van der Waals surface area contributed by atoms with E-state index in [1.807, 2.05) is 19.9 Å². The Labute approximate surface area is 140 Å². The Balaban J connectivity index is 0.00000100. The number of hydrogen-bond donors (Lipinski definition) is 1. The van der Waals surface area contributed by atoms with Crippen LogP contribution in [0.25, 0.3) is 10.9 Å². The molecule has 0 saturated heterocycles. The highest BCUT2D eigenvalue weighted by atomic mass is 19.1. The lowest BCUT2D eigenvalue weighted by Crippen LogP contribution is -2.28. The predicted molar refractivity (Wildman–Crippen MR) is 90.3 cm³/mol. The van der Waals surface area contributed by atoms with Crippen LogP contribution in [0.5, 0.6) is 0 Å². The van der Waals surface area contributed by atoms with Crippen LogP contribution in [0.1, 0.15) is 51.0 Å². The van der Waals surface area contributed by atoms with Crippen LogP contribution in [0.15, 0.2) is 30.5 Å². The molecule has 0 amide bonds. The van der Waals surface area contributed by atoms with E-state index in [1.165, 1.54) is 12.1 Å². The standard InChI is InChI=1S/C17H17F2NO2.C2H6/c18-12-5-6-15-14(9-12)13(7-8-20-15)10-1-3-11(4-2-10)16(19)17(21)22;1-2/h5-11,16H,1-4H2,(H,21,22);1-2H3. The second kappa shape index (κ2) is 8.18. The second-order valence-electron chi connectivity index (χ2n) is 5.91. The molecule has 1 aliphatic carbocycles. The van der Waals surface area contributed by atoms with Crippen molar-refractivity contribution in [2.75, 3.05) is 0 Å². The average Bonchev–Trinajstić information content (AvgIpc) is 2.62. The molecule has 0 spiro atoms. The zero-order valence-corrected chi connectivity index (χ0v) is 14.0. The zero-order valence-electron chi connectivity index (χ0n) is 14.0. The molecule has 1 atom stereocenters. The lowest BCUT2D eigenvalue weighted by atomic mass is 9.76. The van der Waals surface area contributed by atoms with Gasteiger partial charge in [0.2, 0.25) is 0 Å². The fraction of sp³-hybridized carbons (Fsp3) is 0.474. The quantitative estimate of drug-likeness (QED) is 0.849. The Hall–Kier alpha value is -2.04. The van der Waals surface area contributed by atoms with E-state index in [2.05, 4.69) is 4.98 Å². The molecule has 1 fully saturated rings. The molecule has 5 heteroatoms. The highest BCUT2D eigenvalue weighted by molar-refractivity contribution is 5.82. The van der Waals surface area contributed by atoms with Gasteiger partial charge in [0.15, 0.2) is 6.17 Å². The van der Waals surface area contributed by atoms with Gasteiger partial charge < -0.3 is 5.11 Å². The maximum Gasteiger partial charge on any atom is 0.338 e. The normalized spacial score (nSPS) is 21.7. The SMILES string of the molecule is CC.O=C(O)C(F)C1CCC(c2ccnc3ccc(F)cc23)CC1. The molecule has 130 valence electrons. The minimum Gasteiger partial charge on any atom is -0.479 e. The van der Waals surface area contributed by atoms with Crippen LogP contribution in [0.2, 0.25) is 0 Å². The maximum absolute atomic E-state index is 13.6. The van der Waals surface area contributed by atoms with Crippen LogP contribution in [0.3, 0.4) is 0 Å². The first kappa shape index (κ1) is 18.3. The van der Waals surface area contributed by atoms with E-state index in [0.717, 1.165) is 16.5 Å². The molecule has 1 aromatic carbocycles. The molecule has 1 saturated carbocycles. The van der Waals surface area contributed by atoms with E-state index in [9.17, 15) is 13.6 Å². The molecule has 3 rings (SSSR count). The molecule has 2 aromatic rings.